The van der Waals surface area contributed by atoms with Gasteiger partial charge in [0.05, 0.1) is 6.04 Å². The first-order valence-electron chi connectivity index (χ1n) is 6.13. The number of halogens is 1. The zero-order chi connectivity index (χ0) is 10.3. The van der Waals surface area contributed by atoms with Crippen LogP contribution >= 0.6 is 12.4 Å². The zero-order valence-electron chi connectivity index (χ0n) is 9.45. The molecule has 0 radical (unpaired) electrons. The van der Waals surface area contributed by atoms with Crippen LogP contribution in [0, 0.1) is 5.92 Å². The SMILES string of the molecule is Cl.O=C1NC[C@@H](C2CC2)N1C1CCCNC1. The van der Waals surface area contributed by atoms with Crippen LogP contribution in [0.1, 0.15) is 25.7 Å². The molecule has 2 N–H and O–H groups in total. The van der Waals surface area contributed by atoms with Crippen LogP contribution in [0.25, 0.3) is 0 Å². The smallest absolute Gasteiger partial charge is 0.318 e. The maximum atomic E-state index is 11.8. The maximum Gasteiger partial charge on any atom is 0.318 e. The van der Waals surface area contributed by atoms with Gasteiger partial charge in [-0.2, -0.15) is 0 Å². The van der Waals surface area contributed by atoms with E-state index in [-0.39, 0.29) is 18.4 Å². The molecule has 2 amide bonds. The molecule has 1 saturated carbocycles. The number of urea groups is 1. The van der Waals surface area contributed by atoms with Crippen molar-refractivity contribution in [1.29, 1.82) is 0 Å². The first-order valence-corrected chi connectivity index (χ1v) is 6.13. The molecule has 5 heteroatoms. The summed E-state index contributed by atoms with van der Waals surface area (Å²) < 4.78 is 0. The molecule has 0 bridgehead atoms. The van der Waals surface area contributed by atoms with Gasteiger partial charge in [0.15, 0.2) is 0 Å². The fraction of sp³-hybridized carbons (Fsp3) is 0.909. The Morgan fingerprint density at radius 3 is 2.62 bits per heavy atom. The van der Waals surface area contributed by atoms with Gasteiger partial charge in [0.1, 0.15) is 0 Å². The van der Waals surface area contributed by atoms with Crippen LogP contribution in [0.2, 0.25) is 0 Å². The fourth-order valence-corrected chi connectivity index (χ4v) is 2.91. The highest BCUT2D eigenvalue weighted by molar-refractivity contribution is 5.85. The number of rotatable bonds is 2. The van der Waals surface area contributed by atoms with Gasteiger partial charge in [-0.15, -0.1) is 12.4 Å². The molecule has 0 aromatic carbocycles. The predicted octanol–water partition coefficient (Wildman–Crippen LogP) is 0.964. The summed E-state index contributed by atoms with van der Waals surface area (Å²) in [5.41, 5.74) is 0. The average molecular weight is 246 g/mol. The molecule has 0 aromatic heterocycles. The van der Waals surface area contributed by atoms with E-state index in [0.29, 0.717) is 12.1 Å². The second kappa shape index (κ2) is 4.80. The summed E-state index contributed by atoms with van der Waals surface area (Å²) in [7, 11) is 0. The highest BCUT2D eigenvalue weighted by Crippen LogP contribution is 2.38. The van der Waals surface area contributed by atoms with Gasteiger partial charge in [0.25, 0.3) is 0 Å². The van der Waals surface area contributed by atoms with Crippen molar-refractivity contribution in [3.63, 3.8) is 0 Å². The molecular formula is C11H20ClN3O. The number of piperidine rings is 1. The quantitative estimate of drug-likeness (QED) is 0.761. The number of hydrogen-bond acceptors (Lipinski definition) is 2. The Bertz CT molecular complexity index is 264. The summed E-state index contributed by atoms with van der Waals surface area (Å²) in [6, 6.07) is 1.09. The number of hydrogen-bond donors (Lipinski definition) is 2. The van der Waals surface area contributed by atoms with E-state index in [0.717, 1.165) is 25.6 Å². The average Bonchev–Trinajstić information content (AvgIpc) is 3.04. The van der Waals surface area contributed by atoms with Gasteiger partial charge in [-0.1, -0.05) is 0 Å². The lowest BCUT2D eigenvalue weighted by Crippen LogP contribution is -2.50. The Labute approximate surface area is 103 Å². The summed E-state index contributed by atoms with van der Waals surface area (Å²) in [5, 5.41) is 6.39. The van der Waals surface area contributed by atoms with Crippen molar-refractivity contribution < 1.29 is 4.79 Å². The van der Waals surface area contributed by atoms with E-state index in [4.69, 9.17) is 0 Å². The van der Waals surface area contributed by atoms with Crippen molar-refractivity contribution in [2.24, 2.45) is 5.92 Å². The normalized spacial score (nSPS) is 34.5. The van der Waals surface area contributed by atoms with Crippen LogP contribution in [0.15, 0.2) is 0 Å². The van der Waals surface area contributed by atoms with Crippen molar-refractivity contribution in [3.05, 3.63) is 0 Å². The molecule has 3 fully saturated rings. The highest BCUT2D eigenvalue weighted by atomic mass is 35.5. The summed E-state index contributed by atoms with van der Waals surface area (Å²) in [4.78, 5) is 13.9. The Morgan fingerprint density at radius 2 is 2.00 bits per heavy atom. The molecule has 0 aromatic rings. The Hall–Kier alpha value is -0.480. The highest BCUT2D eigenvalue weighted by Gasteiger charge is 2.44. The molecule has 2 saturated heterocycles. The molecule has 2 atom stereocenters. The molecule has 1 aliphatic carbocycles. The van der Waals surface area contributed by atoms with Crippen LogP contribution in [-0.4, -0.2) is 42.6 Å². The monoisotopic (exact) mass is 245 g/mol. The third kappa shape index (κ3) is 2.13. The molecule has 2 heterocycles. The summed E-state index contributed by atoms with van der Waals surface area (Å²) in [5.74, 6) is 0.783. The number of nitrogens with zero attached hydrogens (tertiary/aromatic N) is 1. The molecule has 3 aliphatic rings. The van der Waals surface area contributed by atoms with E-state index in [9.17, 15) is 4.79 Å². The van der Waals surface area contributed by atoms with Crippen molar-refractivity contribution >= 4 is 18.4 Å². The van der Waals surface area contributed by atoms with Gasteiger partial charge in [0.2, 0.25) is 0 Å². The maximum absolute atomic E-state index is 11.8. The number of nitrogens with one attached hydrogen (secondary N) is 2. The Balaban J connectivity index is 0.000000963. The molecular weight excluding hydrogens is 226 g/mol. The van der Waals surface area contributed by atoms with Crippen LogP contribution in [0.5, 0.6) is 0 Å². The molecule has 92 valence electrons. The van der Waals surface area contributed by atoms with Crippen LogP contribution in [-0.2, 0) is 0 Å². The third-order valence-corrected chi connectivity index (χ3v) is 3.88. The minimum absolute atomic E-state index is 0. The van der Waals surface area contributed by atoms with Crippen LogP contribution in [0.4, 0.5) is 4.79 Å². The second-order valence-corrected chi connectivity index (χ2v) is 5.00. The zero-order valence-corrected chi connectivity index (χ0v) is 10.3. The van der Waals surface area contributed by atoms with Crippen molar-refractivity contribution in [2.75, 3.05) is 19.6 Å². The first kappa shape index (κ1) is 12.0. The topological polar surface area (TPSA) is 44.4 Å². The van der Waals surface area contributed by atoms with Gasteiger partial charge >= 0.3 is 6.03 Å². The van der Waals surface area contributed by atoms with Crippen molar-refractivity contribution in [1.82, 2.24) is 15.5 Å². The number of carbonyl (C=O) groups is 1. The second-order valence-electron chi connectivity index (χ2n) is 5.00. The van der Waals surface area contributed by atoms with Crippen molar-refractivity contribution in [3.8, 4) is 0 Å². The standard InChI is InChI=1S/C11H19N3O.ClH/c15-11-13-7-10(8-3-4-8)14(11)9-2-1-5-12-6-9;/h8-10,12H,1-7H2,(H,13,15);1H/t9?,10-;/m0./s1. The van der Waals surface area contributed by atoms with Gasteiger partial charge in [-0.3, -0.25) is 0 Å². The molecule has 1 unspecified atom stereocenters. The van der Waals surface area contributed by atoms with Crippen LogP contribution in [0.3, 0.4) is 0 Å². The van der Waals surface area contributed by atoms with Gasteiger partial charge in [-0.25, -0.2) is 4.79 Å². The largest absolute Gasteiger partial charge is 0.336 e. The van der Waals surface area contributed by atoms with E-state index in [1.807, 2.05) is 0 Å². The van der Waals surface area contributed by atoms with E-state index >= 15 is 0 Å². The minimum Gasteiger partial charge on any atom is -0.336 e. The van der Waals surface area contributed by atoms with Gasteiger partial charge in [-0.05, 0) is 38.1 Å². The van der Waals surface area contributed by atoms with Crippen molar-refractivity contribution in [2.45, 2.75) is 37.8 Å². The third-order valence-electron chi connectivity index (χ3n) is 3.88. The lowest BCUT2D eigenvalue weighted by Gasteiger charge is -2.34. The molecule has 0 spiro atoms. The molecule has 4 nitrogen and oxygen atoms in total. The van der Waals surface area contributed by atoms with Gasteiger partial charge in [0, 0.05) is 19.1 Å². The van der Waals surface area contributed by atoms with E-state index in [1.54, 1.807) is 0 Å². The first-order chi connectivity index (χ1) is 7.36. The summed E-state index contributed by atoms with van der Waals surface area (Å²) >= 11 is 0. The Morgan fingerprint density at radius 1 is 1.19 bits per heavy atom. The fourth-order valence-electron chi connectivity index (χ4n) is 2.91. The van der Waals surface area contributed by atoms with E-state index in [2.05, 4.69) is 15.5 Å². The lowest BCUT2D eigenvalue weighted by molar-refractivity contribution is 0.151. The number of amides is 2. The Kier molecular flexibility index (Phi) is 3.60. The van der Waals surface area contributed by atoms with E-state index in [1.165, 1.54) is 25.7 Å². The van der Waals surface area contributed by atoms with Crippen LogP contribution < -0.4 is 10.6 Å². The van der Waals surface area contributed by atoms with E-state index < -0.39 is 0 Å². The summed E-state index contributed by atoms with van der Waals surface area (Å²) in [6.07, 6.45) is 5.00. The van der Waals surface area contributed by atoms with Gasteiger partial charge < -0.3 is 15.5 Å². The minimum atomic E-state index is 0. The lowest BCUT2D eigenvalue weighted by atomic mass is 10.0. The molecule has 3 rings (SSSR count). The molecule has 16 heavy (non-hydrogen) atoms. The predicted molar refractivity (Wildman–Crippen MR) is 64.9 cm³/mol. The summed E-state index contributed by atoms with van der Waals surface area (Å²) in [6.45, 7) is 2.97. The molecule has 2 aliphatic heterocycles. The number of carbonyl (C=O) groups excluding carboxylic acids is 1.